The van der Waals surface area contributed by atoms with Crippen LogP contribution in [0.1, 0.15) is 32.1 Å². The van der Waals surface area contributed by atoms with Crippen molar-refractivity contribution in [2.45, 2.75) is 37.7 Å². The van der Waals surface area contributed by atoms with E-state index in [1.807, 2.05) is 0 Å². The maximum absolute atomic E-state index is 13.3. The van der Waals surface area contributed by atoms with E-state index in [1.54, 1.807) is 0 Å². The zero-order valence-corrected chi connectivity index (χ0v) is 10.2. The van der Waals surface area contributed by atoms with E-state index in [2.05, 4.69) is 5.32 Å². The molecule has 19 heavy (non-hydrogen) atoms. The van der Waals surface area contributed by atoms with Crippen LogP contribution in [-0.2, 0) is 4.79 Å². The summed E-state index contributed by atoms with van der Waals surface area (Å²) in [5.74, 6) is -4.22. The number of rotatable bonds is 3. The number of amides is 1. The maximum Gasteiger partial charge on any atom is 0.227 e. The first-order valence-corrected chi connectivity index (χ1v) is 6.06. The standard InChI is InChI=1S/C13H14F3NO2/c14-8-5-10(16)11(6-9(8)15)17-12(18)7-13(19)3-1-2-4-13/h5-6,19H,1-4,7H2,(H,17,18). The number of nitrogens with one attached hydrogen (secondary N) is 1. The smallest absolute Gasteiger partial charge is 0.227 e. The highest BCUT2D eigenvalue weighted by atomic mass is 19.2. The topological polar surface area (TPSA) is 49.3 Å². The fourth-order valence-corrected chi connectivity index (χ4v) is 2.32. The Bertz CT molecular complexity index is 499. The lowest BCUT2D eigenvalue weighted by Gasteiger charge is -2.21. The molecule has 1 aromatic rings. The highest BCUT2D eigenvalue weighted by Gasteiger charge is 2.33. The lowest BCUT2D eigenvalue weighted by atomic mass is 9.97. The molecule has 0 unspecified atom stereocenters. The van der Waals surface area contributed by atoms with E-state index in [1.165, 1.54) is 0 Å². The predicted octanol–water partition coefficient (Wildman–Crippen LogP) is 2.74. The van der Waals surface area contributed by atoms with E-state index in [4.69, 9.17) is 0 Å². The summed E-state index contributed by atoms with van der Waals surface area (Å²) < 4.78 is 39.0. The van der Waals surface area contributed by atoms with Crippen LogP contribution in [0.2, 0.25) is 0 Å². The minimum absolute atomic E-state index is 0.175. The lowest BCUT2D eigenvalue weighted by Crippen LogP contribution is -2.31. The second-order valence-electron chi connectivity index (χ2n) is 4.90. The molecular weight excluding hydrogens is 259 g/mol. The number of aliphatic hydroxyl groups is 1. The van der Waals surface area contributed by atoms with Crippen LogP contribution in [0.25, 0.3) is 0 Å². The first-order chi connectivity index (χ1) is 8.89. The highest BCUT2D eigenvalue weighted by Crippen LogP contribution is 2.32. The summed E-state index contributed by atoms with van der Waals surface area (Å²) in [5.41, 5.74) is -1.50. The van der Waals surface area contributed by atoms with Gasteiger partial charge in [-0.3, -0.25) is 4.79 Å². The quantitative estimate of drug-likeness (QED) is 0.832. The third kappa shape index (κ3) is 3.26. The zero-order chi connectivity index (χ0) is 14.0. The second-order valence-corrected chi connectivity index (χ2v) is 4.90. The summed E-state index contributed by atoms with van der Waals surface area (Å²) in [6, 6.07) is 0.955. The van der Waals surface area contributed by atoms with E-state index in [9.17, 15) is 23.1 Å². The summed E-state index contributed by atoms with van der Waals surface area (Å²) >= 11 is 0. The van der Waals surface area contributed by atoms with Gasteiger partial charge in [0.1, 0.15) is 5.82 Å². The summed E-state index contributed by atoms with van der Waals surface area (Å²) in [6.45, 7) is 0. The highest BCUT2D eigenvalue weighted by molar-refractivity contribution is 5.91. The molecule has 1 saturated carbocycles. The van der Waals surface area contributed by atoms with Crippen LogP contribution in [0.5, 0.6) is 0 Å². The average molecular weight is 273 g/mol. The zero-order valence-electron chi connectivity index (χ0n) is 10.2. The largest absolute Gasteiger partial charge is 0.389 e. The molecule has 1 aromatic carbocycles. The van der Waals surface area contributed by atoms with Crippen molar-refractivity contribution in [3.8, 4) is 0 Å². The number of carbonyl (C=O) groups is 1. The molecule has 104 valence electrons. The number of hydrogen-bond acceptors (Lipinski definition) is 2. The normalized spacial score (nSPS) is 17.5. The minimum Gasteiger partial charge on any atom is -0.389 e. The minimum atomic E-state index is -1.31. The summed E-state index contributed by atoms with van der Waals surface area (Å²) in [7, 11) is 0. The molecule has 2 rings (SSSR count). The monoisotopic (exact) mass is 273 g/mol. The van der Waals surface area contributed by atoms with Crippen LogP contribution in [0.3, 0.4) is 0 Å². The van der Waals surface area contributed by atoms with Gasteiger partial charge in [0.2, 0.25) is 5.91 Å². The molecule has 6 heteroatoms. The molecule has 2 N–H and O–H groups in total. The van der Waals surface area contributed by atoms with Crippen LogP contribution < -0.4 is 5.32 Å². The van der Waals surface area contributed by atoms with Crippen molar-refractivity contribution in [1.82, 2.24) is 0 Å². The Morgan fingerprint density at radius 1 is 1.16 bits per heavy atom. The van der Waals surface area contributed by atoms with Gasteiger partial charge in [0.15, 0.2) is 11.6 Å². The third-order valence-corrected chi connectivity index (χ3v) is 3.31. The van der Waals surface area contributed by atoms with Gasteiger partial charge in [0.25, 0.3) is 0 Å². The van der Waals surface area contributed by atoms with E-state index in [0.717, 1.165) is 12.8 Å². The molecule has 0 saturated heterocycles. The summed E-state index contributed by atoms with van der Waals surface area (Å²) in [6.07, 6.45) is 2.53. The average Bonchev–Trinajstić information content (AvgIpc) is 2.72. The number of anilines is 1. The van der Waals surface area contributed by atoms with Crippen LogP contribution in [0.15, 0.2) is 12.1 Å². The molecule has 0 spiro atoms. The Kier molecular flexibility index (Phi) is 3.80. The Labute approximate surface area is 108 Å². The Hall–Kier alpha value is -1.56. The molecule has 1 aliphatic carbocycles. The number of carbonyl (C=O) groups excluding carboxylic acids is 1. The van der Waals surface area contributed by atoms with Gasteiger partial charge in [0.05, 0.1) is 17.7 Å². The SMILES string of the molecule is O=C(CC1(O)CCCC1)Nc1cc(F)c(F)cc1F. The summed E-state index contributed by atoms with van der Waals surface area (Å²) in [5, 5.41) is 12.2. The fraction of sp³-hybridized carbons (Fsp3) is 0.462. The van der Waals surface area contributed by atoms with Crippen LogP contribution in [0.4, 0.5) is 18.9 Å². The van der Waals surface area contributed by atoms with E-state index >= 15 is 0 Å². The van der Waals surface area contributed by atoms with Crippen molar-refractivity contribution in [2.75, 3.05) is 5.32 Å². The van der Waals surface area contributed by atoms with Crippen LogP contribution >= 0.6 is 0 Å². The molecule has 3 nitrogen and oxygen atoms in total. The summed E-state index contributed by atoms with van der Waals surface area (Å²) in [4.78, 5) is 11.7. The molecule has 0 radical (unpaired) electrons. The predicted molar refractivity (Wildman–Crippen MR) is 63.0 cm³/mol. The Morgan fingerprint density at radius 2 is 1.74 bits per heavy atom. The Balaban J connectivity index is 2.05. The van der Waals surface area contributed by atoms with Gasteiger partial charge in [-0.15, -0.1) is 0 Å². The van der Waals surface area contributed by atoms with Crippen molar-refractivity contribution in [2.24, 2.45) is 0 Å². The van der Waals surface area contributed by atoms with Gasteiger partial charge in [-0.2, -0.15) is 0 Å². The van der Waals surface area contributed by atoms with Gasteiger partial charge in [-0.1, -0.05) is 12.8 Å². The first kappa shape index (κ1) is 13.9. The molecular formula is C13H14F3NO2. The van der Waals surface area contributed by atoms with E-state index in [0.29, 0.717) is 25.0 Å². The van der Waals surface area contributed by atoms with Crippen molar-refractivity contribution in [3.05, 3.63) is 29.6 Å². The fourth-order valence-electron chi connectivity index (χ4n) is 2.32. The molecule has 0 bridgehead atoms. The molecule has 0 aliphatic heterocycles. The second kappa shape index (κ2) is 5.21. The number of halogens is 3. The van der Waals surface area contributed by atoms with Crippen molar-refractivity contribution in [1.29, 1.82) is 0 Å². The molecule has 1 fully saturated rings. The lowest BCUT2D eigenvalue weighted by molar-refractivity contribution is -0.120. The molecule has 0 heterocycles. The molecule has 1 aliphatic rings. The van der Waals surface area contributed by atoms with Gasteiger partial charge < -0.3 is 10.4 Å². The number of hydrogen-bond donors (Lipinski definition) is 2. The first-order valence-electron chi connectivity index (χ1n) is 6.06. The number of benzene rings is 1. The van der Waals surface area contributed by atoms with Crippen molar-refractivity contribution in [3.63, 3.8) is 0 Å². The van der Waals surface area contributed by atoms with Gasteiger partial charge >= 0.3 is 0 Å². The van der Waals surface area contributed by atoms with Crippen LogP contribution in [0, 0.1) is 17.5 Å². The third-order valence-electron chi connectivity index (χ3n) is 3.31. The Morgan fingerprint density at radius 3 is 2.37 bits per heavy atom. The maximum atomic E-state index is 13.3. The van der Waals surface area contributed by atoms with Gasteiger partial charge in [-0.25, -0.2) is 13.2 Å². The molecule has 0 atom stereocenters. The van der Waals surface area contributed by atoms with Crippen molar-refractivity contribution >= 4 is 11.6 Å². The van der Waals surface area contributed by atoms with Crippen molar-refractivity contribution < 1.29 is 23.1 Å². The van der Waals surface area contributed by atoms with Crippen LogP contribution in [-0.4, -0.2) is 16.6 Å². The molecule has 0 aromatic heterocycles. The molecule has 1 amide bonds. The van der Waals surface area contributed by atoms with E-state index in [-0.39, 0.29) is 6.42 Å². The van der Waals surface area contributed by atoms with E-state index < -0.39 is 34.6 Å². The van der Waals surface area contributed by atoms with Gasteiger partial charge in [0, 0.05) is 12.1 Å². The van der Waals surface area contributed by atoms with Gasteiger partial charge in [-0.05, 0) is 12.8 Å².